The fourth-order valence-corrected chi connectivity index (χ4v) is 4.96. The molecule has 2 aromatic rings. The third-order valence-corrected chi connectivity index (χ3v) is 7.28. The van der Waals surface area contributed by atoms with E-state index in [0.29, 0.717) is 27.0 Å². The van der Waals surface area contributed by atoms with Gasteiger partial charge in [0.1, 0.15) is 12.6 Å². The molecule has 0 saturated heterocycles. The largest absolute Gasteiger partial charge is 0.416 e. The van der Waals surface area contributed by atoms with Crippen molar-refractivity contribution in [2.45, 2.75) is 52.0 Å². The van der Waals surface area contributed by atoms with Gasteiger partial charge in [-0.15, -0.1) is 0 Å². The number of nitrogens with one attached hydrogen (secondary N) is 1. The number of carbonyl (C=O) groups is 2. The molecule has 2 aromatic carbocycles. The quantitative estimate of drug-likeness (QED) is 0.409. The van der Waals surface area contributed by atoms with Crippen LogP contribution >= 0.6 is 34.8 Å². The average Bonchev–Trinajstić information content (AvgIpc) is 2.74. The predicted molar refractivity (Wildman–Crippen MR) is 143 cm³/mol. The van der Waals surface area contributed by atoms with Gasteiger partial charge in [-0.3, -0.25) is 13.9 Å². The Morgan fingerprint density at radius 3 is 2.11 bits per heavy atom. The first-order valence-electron chi connectivity index (χ1n) is 11.1. The summed E-state index contributed by atoms with van der Waals surface area (Å²) in [6.07, 6.45) is -4.06. The van der Waals surface area contributed by atoms with Crippen LogP contribution in [0.15, 0.2) is 36.4 Å². The molecule has 0 aliphatic carbocycles. The van der Waals surface area contributed by atoms with Crippen molar-refractivity contribution < 1.29 is 31.2 Å². The summed E-state index contributed by atoms with van der Waals surface area (Å²) in [6, 6.07) is 5.52. The van der Waals surface area contributed by atoms with E-state index in [4.69, 9.17) is 34.8 Å². The number of carbonyl (C=O) groups excluding carboxylic acids is 2. The molecule has 2 amide bonds. The van der Waals surface area contributed by atoms with Gasteiger partial charge in [0.25, 0.3) is 0 Å². The lowest BCUT2D eigenvalue weighted by Gasteiger charge is -2.33. The third-order valence-electron chi connectivity index (χ3n) is 5.24. The van der Waals surface area contributed by atoms with Crippen molar-refractivity contribution in [3.63, 3.8) is 0 Å². The summed E-state index contributed by atoms with van der Waals surface area (Å²) in [5.41, 5.74) is -1.93. The number of anilines is 1. The van der Waals surface area contributed by atoms with Crippen molar-refractivity contribution in [2.24, 2.45) is 0 Å². The fourth-order valence-electron chi connectivity index (χ4n) is 3.36. The molecular formula is C24H27Cl3F3N3O4S. The molecule has 0 aromatic heterocycles. The second-order valence-corrected chi connectivity index (χ2v) is 12.8. The van der Waals surface area contributed by atoms with Crippen LogP contribution in [0.3, 0.4) is 0 Å². The molecular weight excluding hydrogens is 590 g/mol. The Bertz CT molecular complexity index is 1320. The minimum atomic E-state index is -4.79. The zero-order valence-electron chi connectivity index (χ0n) is 21.2. The van der Waals surface area contributed by atoms with E-state index in [0.717, 1.165) is 17.2 Å². The van der Waals surface area contributed by atoms with Gasteiger partial charge in [0.2, 0.25) is 21.8 Å². The SMILES string of the molecule is C[C@H](C(=O)NC(C)(C)C)N(Cc1ccc(Cl)cc1Cl)C(=O)CN(c1cc(C(F)(F)F)ccc1Cl)S(C)(=O)=O. The van der Waals surface area contributed by atoms with Crippen LogP contribution in [0.1, 0.15) is 38.8 Å². The first kappa shape index (κ1) is 32.0. The highest BCUT2D eigenvalue weighted by molar-refractivity contribution is 7.92. The molecule has 210 valence electrons. The van der Waals surface area contributed by atoms with Gasteiger partial charge >= 0.3 is 6.18 Å². The number of hydrogen-bond donors (Lipinski definition) is 1. The molecule has 1 N–H and O–H groups in total. The van der Waals surface area contributed by atoms with Crippen molar-refractivity contribution >= 4 is 62.3 Å². The molecule has 0 saturated carbocycles. The van der Waals surface area contributed by atoms with E-state index in [2.05, 4.69) is 5.32 Å². The second-order valence-electron chi connectivity index (χ2n) is 9.61. The Morgan fingerprint density at radius 1 is 1.00 bits per heavy atom. The summed E-state index contributed by atoms with van der Waals surface area (Å²) in [6.45, 7) is 5.49. The average molecular weight is 617 g/mol. The molecule has 0 unspecified atom stereocenters. The van der Waals surface area contributed by atoms with Gasteiger partial charge < -0.3 is 10.2 Å². The van der Waals surface area contributed by atoms with Crippen LogP contribution in [0, 0.1) is 0 Å². The van der Waals surface area contributed by atoms with Gasteiger partial charge in [-0.1, -0.05) is 40.9 Å². The maximum Gasteiger partial charge on any atom is 0.416 e. The van der Waals surface area contributed by atoms with Crippen molar-refractivity contribution in [1.29, 1.82) is 0 Å². The first-order valence-corrected chi connectivity index (χ1v) is 14.1. The Labute approximate surface area is 234 Å². The Hall–Kier alpha value is -2.21. The summed E-state index contributed by atoms with van der Waals surface area (Å²) in [5.74, 6) is -1.43. The molecule has 0 fully saturated rings. The van der Waals surface area contributed by atoms with Gasteiger partial charge in [0, 0.05) is 22.1 Å². The van der Waals surface area contributed by atoms with Gasteiger partial charge in [0.15, 0.2) is 0 Å². The number of halogens is 6. The number of amides is 2. The first-order chi connectivity index (χ1) is 17.2. The zero-order valence-corrected chi connectivity index (χ0v) is 24.2. The minimum Gasteiger partial charge on any atom is -0.350 e. The predicted octanol–water partition coefficient (Wildman–Crippen LogP) is 5.76. The zero-order chi connectivity index (χ0) is 29.2. The maximum atomic E-state index is 13.6. The molecule has 0 aliphatic heterocycles. The highest BCUT2D eigenvalue weighted by Crippen LogP contribution is 2.36. The van der Waals surface area contributed by atoms with E-state index in [1.54, 1.807) is 20.8 Å². The monoisotopic (exact) mass is 615 g/mol. The van der Waals surface area contributed by atoms with Gasteiger partial charge in [-0.05, 0) is 63.6 Å². The lowest BCUT2D eigenvalue weighted by Crippen LogP contribution is -2.54. The normalized spacial score (nSPS) is 13.1. The summed E-state index contributed by atoms with van der Waals surface area (Å²) in [4.78, 5) is 27.6. The van der Waals surface area contributed by atoms with E-state index >= 15 is 0 Å². The molecule has 1 atom stereocenters. The molecule has 0 heterocycles. The van der Waals surface area contributed by atoms with E-state index in [1.807, 2.05) is 0 Å². The molecule has 0 radical (unpaired) electrons. The summed E-state index contributed by atoms with van der Waals surface area (Å²) >= 11 is 18.3. The highest BCUT2D eigenvalue weighted by atomic mass is 35.5. The van der Waals surface area contributed by atoms with Gasteiger partial charge in [0.05, 0.1) is 22.5 Å². The number of hydrogen-bond acceptors (Lipinski definition) is 4. The summed E-state index contributed by atoms with van der Waals surface area (Å²) < 4.78 is 65.8. The molecule has 0 aliphatic rings. The standard InChI is InChI=1S/C24H27Cl3F3N3O4S/c1-14(22(35)31-23(2,3)4)32(12-15-6-8-17(25)11-19(15)27)21(34)13-33(38(5,36)37)20-10-16(24(28,29)30)7-9-18(20)26/h6-11,14H,12-13H2,1-5H3,(H,31,35)/t14-/m1/s1. The third kappa shape index (κ3) is 8.65. The minimum absolute atomic E-state index is 0.194. The van der Waals surface area contributed by atoms with Crippen LogP contribution in [-0.4, -0.2) is 49.5 Å². The lowest BCUT2D eigenvalue weighted by molar-refractivity contribution is -0.140. The summed E-state index contributed by atoms with van der Waals surface area (Å²) in [5, 5.41) is 2.95. The maximum absolute atomic E-state index is 13.6. The fraction of sp³-hybridized carbons (Fsp3) is 0.417. The van der Waals surface area contributed by atoms with Crippen LogP contribution in [-0.2, 0) is 32.3 Å². The Morgan fingerprint density at radius 2 is 1.61 bits per heavy atom. The van der Waals surface area contributed by atoms with E-state index in [9.17, 15) is 31.2 Å². The van der Waals surface area contributed by atoms with Crippen molar-refractivity contribution in [3.8, 4) is 0 Å². The van der Waals surface area contributed by atoms with Crippen LogP contribution in [0.25, 0.3) is 0 Å². The van der Waals surface area contributed by atoms with E-state index in [-0.39, 0.29) is 16.6 Å². The van der Waals surface area contributed by atoms with E-state index in [1.165, 1.54) is 25.1 Å². The molecule has 0 bridgehead atoms. The Balaban J connectivity index is 2.55. The second kappa shape index (κ2) is 11.9. The molecule has 14 heteroatoms. The smallest absolute Gasteiger partial charge is 0.350 e. The van der Waals surface area contributed by atoms with Crippen LogP contribution < -0.4 is 9.62 Å². The Kier molecular flexibility index (Phi) is 10.0. The lowest BCUT2D eigenvalue weighted by atomic mass is 10.1. The topological polar surface area (TPSA) is 86.8 Å². The van der Waals surface area contributed by atoms with Crippen molar-refractivity contribution in [1.82, 2.24) is 10.2 Å². The molecule has 38 heavy (non-hydrogen) atoms. The van der Waals surface area contributed by atoms with Crippen molar-refractivity contribution in [2.75, 3.05) is 17.1 Å². The summed E-state index contributed by atoms with van der Waals surface area (Å²) in [7, 11) is -4.30. The number of rotatable bonds is 8. The molecule has 7 nitrogen and oxygen atoms in total. The number of alkyl halides is 3. The van der Waals surface area contributed by atoms with Crippen molar-refractivity contribution in [3.05, 3.63) is 62.6 Å². The highest BCUT2D eigenvalue weighted by Gasteiger charge is 2.35. The molecule has 2 rings (SSSR count). The van der Waals surface area contributed by atoms with Crippen LogP contribution in [0.2, 0.25) is 15.1 Å². The number of benzene rings is 2. The molecule has 0 spiro atoms. The van der Waals surface area contributed by atoms with Crippen LogP contribution in [0.4, 0.5) is 18.9 Å². The van der Waals surface area contributed by atoms with E-state index < -0.39 is 57.4 Å². The number of sulfonamides is 1. The number of nitrogens with zero attached hydrogens (tertiary/aromatic N) is 2. The van der Waals surface area contributed by atoms with Crippen LogP contribution in [0.5, 0.6) is 0 Å². The van der Waals surface area contributed by atoms with Gasteiger partial charge in [-0.2, -0.15) is 13.2 Å². The van der Waals surface area contributed by atoms with Gasteiger partial charge in [-0.25, -0.2) is 8.42 Å².